The zero-order chi connectivity index (χ0) is 11.7. The van der Waals surface area contributed by atoms with Crippen LogP contribution >= 0.6 is 0 Å². The van der Waals surface area contributed by atoms with Gasteiger partial charge < -0.3 is 9.84 Å². The Labute approximate surface area is 86.7 Å². The highest BCUT2D eigenvalue weighted by Crippen LogP contribution is 2.48. The number of rotatable bonds is 5. The summed E-state index contributed by atoms with van der Waals surface area (Å²) in [6.07, 6.45) is 1.68. The van der Waals surface area contributed by atoms with Gasteiger partial charge in [-0.1, -0.05) is 12.7 Å². The Morgan fingerprint density at radius 1 is 1.67 bits per heavy atom. The van der Waals surface area contributed by atoms with Crippen LogP contribution in [0.15, 0.2) is 12.7 Å². The fourth-order valence-electron chi connectivity index (χ4n) is 1.46. The number of aliphatic hydroxyl groups is 1. The molecule has 0 spiro atoms. The summed E-state index contributed by atoms with van der Waals surface area (Å²) in [5.74, 6) is -6.22. The average molecular weight is 220 g/mol. The summed E-state index contributed by atoms with van der Waals surface area (Å²) in [6, 6.07) is 0. The third-order valence-electron chi connectivity index (χ3n) is 2.55. The van der Waals surface area contributed by atoms with E-state index in [4.69, 9.17) is 0 Å². The maximum Gasteiger partial charge on any atom is 0.380 e. The molecule has 3 nitrogen and oxygen atoms in total. The van der Waals surface area contributed by atoms with Gasteiger partial charge in [-0.15, -0.1) is 0 Å². The van der Waals surface area contributed by atoms with E-state index in [9.17, 15) is 18.7 Å². The Balaban J connectivity index is 2.90. The second-order valence-corrected chi connectivity index (χ2v) is 3.60. The van der Waals surface area contributed by atoms with E-state index in [1.165, 1.54) is 6.92 Å². The second kappa shape index (κ2) is 3.89. The summed E-state index contributed by atoms with van der Waals surface area (Å²) in [5, 5.41) is 9.72. The number of esters is 1. The molecule has 0 amide bonds. The Morgan fingerprint density at radius 3 is 2.53 bits per heavy atom. The largest absolute Gasteiger partial charge is 0.461 e. The van der Waals surface area contributed by atoms with E-state index in [1.54, 1.807) is 0 Å². The number of hydrogen-bond donors (Lipinski definition) is 1. The van der Waals surface area contributed by atoms with E-state index < -0.39 is 23.4 Å². The lowest BCUT2D eigenvalue weighted by Gasteiger charge is -2.31. The van der Waals surface area contributed by atoms with Crippen LogP contribution < -0.4 is 0 Å². The Kier molecular flexibility index (Phi) is 3.13. The van der Waals surface area contributed by atoms with Crippen molar-refractivity contribution in [2.75, 3.05) is 6.61 Å². The summed E-state index contributed by atoms with van der Waals surface area (Å²) in [6.45, 7) is 4.45. The number of alkyl halides is 2. The van der Waals surface area contributed by atoms with Crippen LogP contribution in [0.1, 0.15) is 19.8 Å². The van der Waals surface area contributed by atoms with Gasteiger partial charge in [0.1, 0.15) is 0 Å². The van der Waals surface area contributed by atoms with Gasteiger partial charge in [-0.2, -0.15) is 8.78 Å². The van der Waals surface area contributed by atoms with Gasteiger partial charge in [0.25, 0.3) is 0 Å². The number of halogens is 2. The van der Waals surface area contributed by atoms with Crippen LogP contribution in [0.5, 0.6) is 0 Å². The zero-order valence-corrected chi connectivity index (χ0v) is 8.50. The Bertz CT molecular complexity index is 274. The minimum atomic E-state index is -3.92. The van der Waals surface area contributed by atoms with Crippen molar-refractivity contribution in [1.82, 2.24) is 0 Å². The normalized spacial score (nSPS) is 20.5. The molecule has 86 valence electrons. The fraction of sp³-hybridized carbons (Fsp3) is 0.700. The fourth-order valence-corrected chi connectivity index (χ4v) is 1.46. The summed E-state index contributed by atoms with van der Waals surface area (Å²) >= 11 is 0. The first-order valence-corrected chi connectivity index (χ1v) is 4.81. The average Bonchev–Trinajstić information content (AvgIpc) is 3.00. The lowest BCUT2D eigenvalue weighted by atomic mass is 9.90. The molecule has 0 aromatic carbocycles. The highest BCUT2D eigenvalue weighted by atomic mass is 19.3. The first-order chi connectivity index (χ1) is 6.90. The molecule has 1 N–H and O–H groups in total. The first kappa shape index (κ1) is 12.1. The predicted octanol–water partition coefficient (Wildman–Crippen LogP) is 1.51. The van der Waals surface area contributed by atoms with Gasteiger partial charge in [0, 0.05) is 0 Å². The maximum atomic E-state index is 13.5. The van der Waals surface area contributed by atoms with Gasteiger partial charge >= 0.3 is 11.9 Å². The van der Waals surface area contributed by atoms with Gasteiger partial charge in [0.05, 0.1) is 6.61 Å². The van der Waals surface area contributed by atoms with E-state index in [0.717, 1.165) is 6.08 Å². The molecule has 0 heterocycles. The summed E-state index contributed by atoms with van der Waals surface area (Å²) in [7, 11) is 0. The molecule has 1 saturated carbocycles. The lowest BCUT2D eigenvalue weighted by molar-refractivity contribution is -0.206. The van der Waals surface area contributed by atoms with Crippen molar-refractivity contribution in [3.8, 4) is 0 Å². The molecule has 1 atom stereocenters. The number of carbonyl (C=O) groups excluding carboxylic acids is 1. The molecule has 1 aliphatic carbocycles. The van der Waals surface area contributed by atoms with Crippen molar-refractivity contribution in [3.63, 3.8) is 0 Å². The van der Waals surface area contributed by atoms with Crippen molar-refractivity contribution < 1.29 is 23.4 Å². The first-order valence-electron chi connectivity index (χ1n) is 4.81. The molecule has 0 aromatic heterocycles. The summed E-state index contributed by atoms with van der Waals surface area (Å²) in [5.41, 5.74) is -2.47. The van der Waals surface area contributed by atoms with Gasteiger partial charge in [-0.25, -0.2) is 4.79 Å². The van der Waals surface area contributed by atoms with Crippen molar-refractivity contribution in [2.24, 2.45) is 5.92 Å². The molecule has 1 rings (SSSR count). The molecule has 1 unspecified atom stereocenters. The van der Waals surface area contributed by atoms with Gasteiger partial charge in [-0.05, 0) is 25.7 Å². The monoisotopic (exact) mass is 220 g/mol. The van der Waals surface area contributed by atoms with Crippen LogP contribution in [0, 0.1) is 5.92 Å². The lowest BCUT2D eigenvalue weighted by Crippen LogP contribution is -2.54. The predicted molar refractivity (Wildman–Crippen MR) is 49.5 cm³/mol. The Morgan fingerprint density at radius 2 is 2.20 bits per heavy atom. The van der Waals surface area contributed by atoms with E-state index in [1.807, 2.05) is 0 Å². The maximum absolute atomic E-state index is 13.5. The standard InChI is InChI=1S/C10H14F2O3/c1-3-9(14,7-5-6-7)10(11,12)8(13)15-4-2/h3,7,14H,1,4-6H2,2H3. The zero-order valence-electron chi connectivity index (χ0n) is 8.50. The second-order valence-electron chi connectivity index (χ2n) is 3.60. The van der Waals surface area contributed by atoms with Gasteiger partial charge in [0.15, 0.2) is 5.60 Å². The number of ether oxygens (including phenoxy) is 1. The van der Waals surface area contributed by atoms with Crippen LogP contribution in [0.25, 0.3) is 0 Å². The summed E-state index contributed by atoms with van der Waals surface area (Å²) in [4.78, 5) is 11.0. The van der Waals surface area contributed by atoms with Crippen molar-refractivity contribution >= 4 is 5.97 Å². The molecule has 1 fully saturated rings. The van der Waals surface area contributed by atoms with E-state index in [0.29, 0.717) is 12.8 Å². The number of hydrogen-bond acceptors (Lipinski definition) is 3. The number of carbonyl (C=O) groups is 1. The van der Waals surface area contributed by atoms with E-state index in [-0.39, 0.29) is 6.61 Å². The molecule has 0 aliphatic heterocycles. The van der Waals surface area contributed by atoms with Crippen molar-refractivity contribution in [2.45, 2.75) is 31.3 Å². The quantitative estimate of drug-likeness (QED) is 0.564. The van der Waals surface area contributed by atoms with Crippen LogP contribution in [0.2, 0.25) is 0 Å². The molecule has 0 radical (unpaired) electrons. The SMILES string of the molecule is C=CC(O)(C1CC1)C(F)(F)C(=O)OCC. The molecule has 0 bridgehead atoms. The molecular weight excluding hydrogens is 206 g/mol. The van der Waals surface area contributed by atoms with Crippen LogP contribution in [0.3, 0.4) is 0 Å². The third kappa shape index (κ3) is 1.88. The van der Waals surface area contributed by atoms with Crippen LogP contribution in [-0.2, 0) is 9.53 Å². The van der Waals surface area contributed by atoms with Crippen molar-refractivity contribution in [3.05, 3.63) is 12.7 Å². The van der Waals surface area contributed by atoms with Crippen molar-refractivity contribution in [1.29, 1.82) is 0 Å². The molecule has 0 saturated heterocycles. The highest BCUT2D eigenvalue weighted by molar-refractivity contribution is 5.80. The highest BCUT2D eigenvalue weighted by Gasteiger charge is 2.64. The van der Waals surface area contributed by atoms with Gasteiger partial charge in [0.2, 0.25) is 0 Å². The Hall–Kier alpha value is -0.970. The molecule has 15 heavy (non-hydrogen) atoms. The minimum Gasteiger partial charge on any atom is -0.461 e. The molecule has 1 aliphatic rings. The van der Waals surface area contributed by atoms with Crippen LogP contribution in [0.4, 0.5) is 8.78 Å². The molecule has 0 aromatic rings. The summed E-state index contributed by atoms with van der Waals surface area (Å²) < 4.78 is 31.3. The molecular formula is C10H14F2O3. The van der Waals surface area contributed by atoms with E-state index in [2.05, 4.69) is 11.3 Å². The third-order valence-corrected chi connectivity index (χ3v) is 2.55. The molecule has 5 heteroatoms. The smallest absolute Gasteiger partial charge is 0.380 e. The van der Waals surface area contributed by atoms with Crippen LogP contribution in [-0.4, -0.2) is 29.2 Å². The van der Waals surface area contributed by atoms with Gasteiger partial charge in [-0.3, -0.25) is 0 Å². The minimum absolute atomic E-state index is 0.147. The topological polar surface area (TPSA) is 46.5 Å². The van der Waals surface area contributed by atoms with E-state index >= 15 is 0 Å².